The lowest BCUT2D eigenvalue weighted by Gasteiger charge is -2.17. The van der Waals surface area contributed by atoms with Gasteiger partial charge in [0.05, 0.1) is 4.90 Å². The number of hydrogen-bond donors (Lipinski definition) is 2. The molecule has 0 saturated carbocycles. The molecule has 1 saturated heterocycles. The van der Waals surface area contributed by atoms with Gasteiger partial charge >= 0.3 is 0 Å². The number of nitrogen functional groups attached to an aromatic ring is 1. The van der Waals surface area contributed by atoms with Gasteiger partial charge < -0.3 is 10.6 Å². The normalized spacial score (nSPS) is 20.9. The van der Waals surface area contributed by atoms with E-state index in [4.69, 9.17) is 5.73 Å². The second-order valence-corrected chi connectivity index (χ2v) is 6.95. The highest BCUT2D eigenvalue weighted by atomic mass is 32.2. The number of sulfonamides is 1. The highest BCUT2D eigenvalue weighted by Gasteiger charge is 2.27. The molecule has 19 heavy (non-hydrogen) atoms. The first-order valence-corrected chi connectivity index (χ1v) is 7.86. The summed E-state index contributed by atoms with van der Waals surface area (Å²) in [7, 11) is -1.52. The van der Waals surface area contributed by atoms with Crippen molar-refractivity contribution >= 4 is 15.7 Å². The SMILES string of the molecule is Cc1ccc(N)c(C)c1S(=O)(=O)NC1CCN(C)C1. The fourth-order valence-corrected chi connectivity index (χ4v) is 4.33. The van der Waals surface area contributed by atoms with E-state index in [-0.39, 0.29) is 6.04 Å². The van der Waals surface area contributed by atoms with Crippen molar-refractivity contribution in [2.24, 2.45) is 0 Å². The van der Waals surface area contributed by atoms with E-state index in [1.54, 1.807) is 26.0 Å². The highest BCUT2D eigenvalue weighted by molar-refractivity contribution is 7.89. The first kappa shape index (κ1) is 14.3. The van der Waals surface area contributed by atoms with Crippen molar-refractivity contribution in [3.8, 4) is 0 Å². The van der Waals surface area contributed by atoms with Crippen LogP contribution in [0.2, 0.25) is 0 Å². The van der Waals surface area contributed by atoms with Crippen LogP contribution < -0.4 is 10.5 Å². The van der Waals surface area contributed by atoms with Gasteiger partial charge in [-0.25, -0.2) is 13.1 Å². The summed E-state index contributed by atoms with van der Waals surface area (Å²) in [5.74, 6) is 0. The maximum Gasteiger partial charge on any atom is 0.241 e. The molecule has 0 aliphatic carbocycles. The van der Waals surface area contributed by atoms with Gasteiger partial charge in [0.15, 0.2) is 0 Å². The Bertz CT molecular complexity index is 584. The van der Waals surface area contributed by atoms with Crippen molar-refractivity contribution in [2.45, 2.75) is 31.2 Å². The third-order valence-electron chi connectivity index (χ3n) is 3.63. The average molecular weight is 283 g/mol. The Labute approximate surface area is 114 Å². The Kier molecular flexibility index (Phi) is 3.85. The van der Waals surface area contributed by atoms with Gasteiger partial charge in [0, 0.05) is 18.3 Å². The molecule has 3 N–H and O–H groups in total. The summed E-state index contributed by atoms with van der Waals surface area (Å²) in [5.41, 5.74) is 7.68. The lowest BCUT2D eigenvalue weighted by atomic mass is 10.1. The Hall–Kier alpha value is -1.11. The van der Waals surface area contributed by atoms with E-state index in [1.165, 1.54) is 0 Å². The Morgan fingerprint density at radius 3 is 2.63 bits per heavy atom. The van der Waals surface area contributed by atoms with Gasteiger partial charge in [-0.05, 0) is 51.1 Å². The third kappa shape index (κ3) is 2.91. The molecular formula is C13H21N3O2S. The number of benzene rings is 1. The van der Waals surface area contributed by atoms with Crippen LogP contribution in [0.5, 0.6) is 0 Å². The number of likely N-dealkylation sites (N-methyl/N-ethyl adjacent to an activating group) is 1. The molecule has 0 aromatic heterocycles. The van der Waals surface area contributed by atoms with E-state index in [1.807, 2.05) is 7.05 Å². The van der Waals surface area contributed by atoms with Gasteiger partial charge in [-0.3, -0.25) is 0 Å². The molecule has 106 valence electrons. The van der Waals surface area contributed by atoms with Crippen LogP contribution in [0.15, 0.2) is 17.0 Å². The van der Waals surface area contributed by atoms with Gasteiger partial charge in [0.25, 0.3) is 0 Å². The van der Waals surface area contributed by atoms with Crippen LogP contribution in [-0.4, -0.2) is 39.5 Å². The second kappa shape index (κ2) is 5.11. The minimum absolute atomic E-state index is 0.0183. The predicted octanol–water partition coefficient (Wildman–Crippen LogP) is 0.868. The van der Waals surface area contributed by atoms with Crippen molar-refractivity contribution in [3.05, 3.63) is 23.3 Å². The van der Waals surface area contributed by atoms with Gasteiger partial charge in [-0.1, -0.05) is 6.07 Å². The monoisotopic (exact) mass is 283 g/mol. The van der Waals surface area contributed by atoms with Gasteiger partial charge in [-0.2, -0.15) is 0 Å². The molecule has 1 aromatic rings. The zero-order chi connectivity index (χ0) is 14.2. The maximum absolute atomic E-state index is 12.5. The number of anilines is 1. The molecule has 0 radical (unpaired) electrons. The molecule has 0 bridgehead atoms. The summed E-state index contributed by atoms with van der Waals surface area (Å²) in [6.07, 6.45) is 0.843. The van der Waals surface area contributed by atoms with Crippen LogP contribution >= 0.6 is 0 Å². The lowest BCUT2D eigenvalue weighted by Crippen LogP contribution is -2.37. The maximum atomic E-state index is 12.5. The largest absolute Gasteiger partial charge is 0.398 e. The van der Waals surface area contributed by atoms with Crippen LogP contribution in [0.3, 0.4) is 0 Å². The first-order valence-electron chi connectivity index (χ1n) is 6.38. The molecule has 1 aliphatic heterocycles. The standard InChI is InChI=1S/C13H21N3O2S/c1-9-4-5-12(14)10(2)13(9)19(17,18)15-11-6-7-16(3)8-11/h4-5,11,15H,6-8,14H2,1-3H3. The quantitative estimate of drug-likeness (QED) is 0.807. The van der Waals surface area contributed by atoms with Crippen LogP contribution in [0.4, 0.5) is 5.69 Å². The lowest BCUT2D eigenvalue weighted by molar-refractivity contribution is 0.407. The minimum Gasteiger partial charge on any atom is -0.398 e. The third-order valence-corrected chi connectivity index (χ3v) is 5.44. The fourth-order valence-electron chi connectivity index (χ4n) is 2.57. The summed E-state index contributed by atoms with van der Waals surface area (Å²) >= 11 is 0. The molecule has 1 unspecified atom stereocenters. The highest BCUT2D eigenvalue weighted by Crippen LogP contribution is 2.25. The number of aryl methyl sites for hydroxylation is 1. The van der Waals surface area contributed by atoms with E-state index < -0.39 is 10.0 Å². The minimum atomic E-state index is -3.51. The van der Waals surface area contributed by atoms with E-state index in [2.05, 4.69) is 9.62 Å². The fraction of sp³-hybridized carbons (Fsp3) is 0.538. The summed E-state index contributed by atoms with van der Waals surface area (Å²) < 4.78 is 27.8. The van der Waals surface area contributed by atoms with E-state index in [9.17, 15) is 8.42 Å². The Morgan fingerprint density at radius 2 is 2.05 bits per heavy atom. The van der Waals surface area contributed by atoms with Gasteiger partial charge in [0.2, 0.25) is 10.0 Å². The average Bonchev–Trinajstić information content (AvgIpc) is 2.68. The smallest absolute Gasteiger partial charge is 0.241 e. The summed E-state index contributed by atoms with van der Waals surface area (Å²) in [4.78, 5) is 2.44. The van der Waals surface area contributed by atoms with Gasteiger partial charge in [-0.15, -0.1) is 0 Å². The predicted molar refractivity (Wildman–Crippen MR) is 76.6 cm³/mol. The number of hydrogen-bond acceptors (Lipinski definition) is 4. The van der Waals surface area contributed by atoms with Crippen molar-refractivity contribution in [1.82, 2.24) is 9.62 Å². The number of nitrogens with one attached hydrogen (secondary N) is 1. The second-order valence-electron chi connectivity index (χ2n) is 5.29. The molecule has 1 aromatic carbocycles. The van der Waals surface area contributed by atoms with Crippen molar-refractivity contribution in [2.75, 3.05) is 25.9 Å². The first-order chi connectivity index (χ1) is 8.81. The molecule has 1 aliphatic rings. The van der Waals surface area contributed by atoms with E-state index >= 15 is 0 Å². The number of nitrogens with zero attached hydrogens (tertiary/aromatic N) is 1. The number of likely N-dealkylation sites (tertiary alicyclic amines) is 1. The van der Waals surface area contributed by atoms with Crippen LogP contribution in [0.25, 0.3) is 0 Å². The van der Waals surface area contributed by atoms with Crippen LogP contribution in [0, 0.1) is 13.8 Å². The molecule has 0 amide bonds. The Morgan fingerprint density at radius 1 is 1.37 bits per heavy atom. The van der Waals surface area contributed by atoms with Crippen LogP contribution in [0.1, 0.15) is 17.5 Å². The Balaban J connectivity index is 2.32. The van der Waals surface area contributed by atoms with Crippen molar-refractivity contribution in [1.29, 1.82) is 0 Å². The molecular weight excluding hydrogens is 262 g/mol. The topological polar surface area (TPSA) is 75.4 Å². The number of nitrogens with two attached hydrogens (primary N) is 1. The molecule has 1 fully saturated rings. The molecule has 5 nitrogen and oxygen atoms in total. The molecule has 6 heteroatoms. The zero-order valence-corrected chi connectivity index (χ0v) is 12.4. The summed E-state index contributed by atoms with van der Waals surface area (Å²) in [6, 6.07) is 3.47. The summed E-state index contributed by atoms with van der Waals surface area (Å²) in [6.45, 7) is 5.21. The van der Waals surface area contributed by atoms with Gasteiger partial charge in [0.1, 0.15) is 0 Å². The molecule has 1 atom stereocenters. The van der Waals surface area contributed by atoms with Crippen molar-refractivity contribution in [3.63, 3.8) is 0 Å². The van der Waals surface area contributed by atoms with Crippen LogP contribution in [-0.2, 0) is 10.0 Å². The summed E-state index contributed by atoms with van der Waals surface area (Å²) in [5, 5.41) is 0. The zero-order valence-electron chi connectivity index (χ0n) is 11.6. The molecule has 1 heterocycles. The number of rotatable bonds is 3. The molecule has 0 spiro atoms. The van der Waals surface area contributed by atoms with E-state index in [0.29, 0.717) is 16.1 Å². The van der Waals surface area contributed by atoms with Crippen molar-refractivity contribution < 1.29 is 8.42 Å². The molecule has 2 rings (SSSR count). The van der Waals surface area contributed by atoms with E-state index in [0.717, 1.165) is 25.1 Å².